The molecule has 0 radical (unpaired) electrons. The average Bonchev–Trinajstić information content (AvgIpc) is 2.76. The van der Waals surface area contributed by atoms with Gasteiger partial charge in [-0.25, -0.2) is 4.68 Å². The summed E-state index contributed by atoms with van der Waals surface area (Å²) in [6, 6.07) is 14.6. The Bertz CT molecular complexity index is 1060. The average molecular weight is 424 g/mol. The maximum absolute atomic E-state index is 12.5. The zero-order valence-corrected chi connectivity index (χ0v) is 18.2. The smallest absolute Gasteiger partial charge is 0.323 e. The SMILES string of the molecule is CCNC(Cc1ccc(OCCn2ncc3ccccc3c2=O)cc1)C(=O)OC(C)C. The predicted molar refractivity (Wildman–Crippen MR) is 120 cm³/mol. The standard InChI is InChI=1S/C24H29N3O4/c1-4-25-22(24(29)31-17(2)3)15-18-9-11-20(12-10-18)30-14-13-27-23(28)21-8-6-5-7-19(21)16-26-27/h5-12,16-17,22,25H,4,13-15H2,1-3H3. The first-order chi connectivity index (χ1) is 15.0. The van der Waals surface area contributed by atoms with Crippen LogP contribution >= 0.6 is 0 Å². The Morgan fingerprint density at radius 1 is 1.13 bits per heavy atom. The Kier molecular flexibility index (Phi) is 7.78. The Labute approximate surface area is 182 Å². The Morgan fingerprint density at radius 2 is 1.87 bits per heavy atom. The van der Waals surface area contributed by atoms with Gasteiger partial charge in [0, 0.05) is 5.39 Å². The van der Waals surface area contributed by atoms with Crippen LogP contribution in [0.25, 0.3) is 10.8 Å². The number of nitrogens with zero attached hydrogens (tertiary/aromatic N) is 2. The van der Waals surface area contributed by atoms with Crippen LogP contribution in [-0.2, 0) is 22.5 Å². The molecule has 0 aliphatic heterocycles. The van der Waals surface area contributed by atoms with Gasteiger partial charge in [0.05, 0.1) is 24.2 Å². The number of likely N-dealkylation sites (N-methyl/N-ethyl adjacent to an activating group) is 1. The highest BCUT2D eigenvalue weighted by atomic mass is 16.5. The fraction of sp³-hybridized carbons (Fsp3) is 0.375. The molecule has 7 heteroatoms. The Balaban J connectivity index is 1.56. The minimum atomic E-state index is -0.384. The zero-order valence-electron chi connectivity index (χ0n) is 18.2. The molecule has 0 amide bonds. The van der Waals surface area contributed by atoms with E-state index in [2.05, 4.69) is 10.4 Å². The van der Waals surface area contributed by atoms with E-state index >= 15 is 0 Å². The second-order valence-corrected chi connectivity index (χ2v) is 7.55. The third-order valence-electron chi connectivity index (χ3n) is 4.78. The van der Waals surface area contributed by atoms with Crippen LogP contribution in [0.4, 0.5) is 0 Å². The lowest BCUT2D eigenvalue weighted by atomic mass is 10.1. The Hall–Kier alpha value is -3.19. The molecule has 0 aliphatic carbocycles. The van der Waals surface area contributed by atoms with Crippen molar-refractivity contribution in [2.24, 2.45) is 0 Å². The molecule has 1 aromatic heterocycles. The Morgan fingerprint density at radius 3 is 2.58 bits per heavy atom. The van der Waals surface area contributed by atoms with Gasteiger partial charge in [-0.15, -0.1) is 0 Å². The van der Waals surface area contributed by atoms with Crippen molar-refractivity contribution in [3.05, 3.63) is 70.6 Å². The van der Waals surface area contributed by atoms with Gasteiger partial charge in [0.2, 0.25) is 0 Å². The van der Waals surface area contributed by atoms with Crippen LogP contribution in [0.2, 0.25) is 0 Å². The molecule has 0 saturated heterocycles. The van der Waals surface area contributed by atoms with E-state index < -0.39 is 0 Å². The summed E-state index contributed by atoms with van der Waals surface area (Å²) in [5, 5.41) is 8.86. The number of esters is 1. The number of carbonyl (C=O) groups is 1. The van der Waals surface area contributed by atoms with E-state index in [0.29, 0.717) is 37.3 Å². The summed E-state index contributed by atoms with van der Waals surface area (Å²) in [5.74, 6) is 0.452. The van der Waals surface area contributed by atoms with E-state index in [-0.39, 0.29) is 23.7 Å². The summed E-state index contributed by atoms with van der Waals surface area (Å²) in [6.07, 6.45) is 2.08. The number of benzene rings is 2. The molecule has 0 fully saturated rings. The minimum Gasteiger partial charge on any atom is -0.492 e. The third-order valence-corrected chi connectivity index (χ3v) is 4.78. The van der Waals surface area contributed by atoms with Gasteiger partial charge >= 0.3 is 5.97 Å². The highest BCUT2D eigenvalue weighted by Gasteiger charge is 2.20. The van der Waals surface area contributed by atoms with Crippen molar-refractivity contribution in [2.45, 2.75) is 45.9 Å². The molecule has 2 aromatic carbocycles. The molecule has 0 aliphatic rings. The van der Waals surface area contributed by atoms with Gasteiger partial charge in [-0.3, -0.25) is 9.59 Å². The third kappa shape index (κ3) is 6.15. The van der Waals surface area contributed by atoms with Crippen molar-refractivity contribution >= 4 is 16.7 Å². The molecule has 1 unspecified atom stereocenters. The van der Waals surface area contributed by atoms with E-state index in [1.54, 1.807) is 12.3 Å². The molecule has 1 N–H and O–H groups in total. The first kappa shape index (κ1) is 22.5. The molecule has 0 saturated carbocycles. The number of nitrogens with one attached hydrogen (secondary N) is 1. The van der Waals surface area contributed by atoms with Crippen molar-refractivity contribution in [3.63, 3.8) is 0 Å². The van der Waals surface area contributed by atoms with Crippen LogP contribution in [0.1, 0.15) is 26.3 Å². The molecule has 1 heterocycles. The van der Waals surface area contributed by atoms with Crippen LogP contribution in [0.3, 0.4) is 0 Å². The van der Waals surface area contributed by atoms with Gasteiger partial charge in [0.25, 0.3) is 5.56 Å². The van der Waals surface area contributed by atoms with Crippen molar-refractivity contribution in [1.29, 1.82) is 0 Å². The molecule has 164 valence electrons. The van der Waals surface area contributed by atoms with E-state index in [1.165, 1.54) is 4.68 Å². The second-order valence-electron chi connectivity index (χ2n) is 7.55. The largest absolute Gasteiger partial charge is 0.492 e. The number of carbonyl (C=O) groups excluding carboxylic acids is 1. The van der Waals surface area contributed by atoms with Crippen molar-refractivity contribution in [1.82, 2.24) is 15.1 Å². The number of fused-ring (bicyclic) bond motifs is 1. The predicted octanol–water partition coefficient (Wildman–Crippen LogP) is 2.95. The first-order valence-corrected chi connectivity index (χ1v) is 10.6. The fourth-order valence-electron chi connectivity index (χ4n) is 3.29. The minimum absolute atomic E-state index is 0.125. The van der Waals surface area contributed by atoms with E-state index in [1.807, 2.05) is 63.2 Å². The van der Waals surface area contributed by atoms with Gasteiger partial charge in [-0.1, -0.05) is 37.3 Å². The lowest BCUT2D eigenvalue weighted by Crippen LogP contribution is -2.40. The van der Waals surface area contributed by atoms with Crippen molar-refractivity contribution < 1.29 is 14.3 Å². The molecule has 7 nitrogen and oxygen atoms in total. The second kappa shape index (κ2) is 10.7. The zero-order chi connectivity index (χ0) is 22.2. The summed E-state index contributed by atoms with van der Waals surface area (Å²) in [7, 11) is 0. The van der Waals surface area contributed by atoms with Gasteiger partial charge in [0.15, 0.2) is 0 Å². The molecule has 3 aromatic rings. The molecule has 0 bridgehead atoms. The summed E-state index contributed by atoms with van der Waals surface area (Å²) < 4.78 is 12.5. The van der Waals surface area contributed by atoms with Crippen LogP contribution in [0.5, 0.6) is 5.75 Å². The van der Waals surface area contributed by atoms with Crippen LogP contribution < -0.4 is 15.6 Å². The normalized spacial score (nSPS) is 12.1. The quantitative estimate of drug-likeness (QED) is 0.505. The fourth-order valence-corrected chi connectivity index (χ4v) is 3.29. The maximum Gasteiger partial charge on any atom is 0.323 e. The highest BCUT2D eigenvalue weighted by Crippen LogP contribution is 2.14. The number of hydrogen-bond acceptors (Lipinski definition) is 6. The summed E-state index contributed by atoms with van der Waals surface area (Å²) >= 11 is 0. The number of ether oxygens (including phenoxy) is 2. The summed E-state index contributed by atoms with van der Waals surface area (Å²) in [6.45, 7) is 7.01. The molecular weight excluding hydrogens is 394 g/mol. The highest BCUT2D eigenvalue weighted by molar-refractivity contribution is 5.80. The molecule has 0 spiro atoms. The molecule has 31 heavy (non-hydrogen) atoms. The van der Waals surface area contributed by atoms with Gasteiger partial charge < -0.3 is 14.8 Å². The molecular formula is C24H29N3O4. The van der Waals surface area contributed by atoms with Crippen molar-refractivity contribution in [2.75, 3.05) is 13.2 Å². The van der Waals surface area contributed by atoms with Gasteiger partial charge in [-0.05, 0) is 50.6 Å². The summed E-state index contributed by atoms with van der Waals surface area (Å²) in [4.78, 5) is 24.8. The topological polar surface area (TPSA) is 82.5 Å². The lowest BCUT2D eigenvalue weighted by Gasteiger charge is -2.18. The number of rotatable bonds is 10. The van der Waals surface area contributed by atoms with E-state index in [9.17, 15) is 9.59 Å². The van der Waals surface area contributed by atoms with Crippen LogP contribution in [-0.4, -0.2) is 41.0 Å². The van der Waals surface area contributed by atoms with E-state index in [0.717, 1.165) is 10.9 Å². The van der Waals surface area contributed by atoms with Crippen LogP contribution in [0.15, 0.2) is 59.5 Å². The molecule has 1 atom stereocenters. The first-order valence-electron chi connectivity index (χ1n) is 10.6. The van der Waals surface area contributed by atoms with Gasteiger partial charge in [-0.2, -0.15) is 5.10 Å². The van der Waals surface area contributed by atoms with E-state index in [4.69, 9.17) is 9.47 Å². The lowest BCUT2D eigenvalue weighted by molar-refractivity contribution is -0.149. The monoisotopic (exact) mass is 423 g/mol. The van der Waals surface area contributed by atoms with Crippen LogP contribution in [0, 0.1) is 0 Å². The summed E-state index contributed by atoms with van der Waals surface area (Å²) in [5.41, 5.74) is 0.881. The number of aromatic nitrogens is 2. The van der Waals surface area contributed by atoms with Gasteiger partial charge in [0.1, 0.15) is 18.4 Å². The molecule has 3 rings (SSSR count). The van der Waals surface area contributed by atoms with Crippen molar-refractivity contribution in [3.8, 4) is 5.75 Å². The maximum atomic E-state index is 12.5. The number of hydrogen-bond donors (Lipinski definition) is 1.